The van der Waals surface area contributed by atoms with Crippen LogP contribution in [0.5, 0.6) is 0 Å². The van der Waals surface area contributed by atoms with Crippen molar-refractivity contribution in [1.29, 1.82) is 0 Å². The lowest BCUT2D eigenvalue weighted by Crippen LogP contribution is -2.45. The number of hydrogen-bond donors (Lipinski definition) is 2. The summed E-state index contributed by atoms with van der Waals surface area (Å²) in [5.41, 5.74) is 3.32. The van der Waals surface area contributed by atoms with Gasteiger partial charge in [0.15, 0.2) is 0 Å². The SMILES string of the molecule is O=C(O)[C@@H]1NCc2ccccc2[C@H]1c1ccccc1. The summed E-state index contributed by atoms with van der Waals surface area (Å²) in [5, 5.41) is 12.6. The van der Waals surface area contributed by atoms with Crippen LogP contribution in [0.3, 0.4) is 0 Å². The molecule has 3 rings (SSSR count). The predicted octanol–water partition coefficient (Wildman–Crippen LogP) is 2.37. The molecule has 0 radical (unpaired) electrons. The molecule has 96 valence electrons. The molecule has 2 N–H and O–H groups in total. The summed E-state index contributed by atoms with van der Waals surface area (Å²) < 4.78 is 0. The number of carboxylic acid groups (broad SMARTS) is 1. The lowest BCUT2D eigenvalue weighted by atomic mass is 9.80. The van der Waals surface area contributed by atoms with Crippen molar-refractivity contribution >= 4 is 5.97 Å². The van der Waals surface area contributed by atoms with Crippen LogP contribution in [0, 0.1) is 0 Å². The summed E-state index contributed by atoms with van der Waals surface area (Å²) in [4.78, 5) is 11.5. The fraction of sp³-hybridized carbons (Fsp3) is 0.188. The first kappa shape index (κ1) is 11.9. The second kappa shape index (κ2) is 4.86. The minimum atomic E-state index is -0.802. The third-order valence-corrected chi connectivity index (χ3v) is 3.66. The van der Waals surface area contributed by atoms with Gasteiger partial charge < -0.3 is 5.11 Å². The van der Waals surface area contributed by atoms with E-state index in [2.05, 4.69) is 11.4 Å². The fourth-order valence-corrected chi connectivity index (χ4v) is 2.78. The predicted molar refractivity (Wildman–Crippen MR) is 73.0 cm³/mol. The second-order valence-corrected chi connectivity index (χ2v) is 4.78. The Labute approximate surface area is 111 Å². The first-order chi connectivity index (χ1) is 9.27. The van der Waals surface area contributed by atoms with Gasteiger partial charge in [-0.05, 0) is 16.7 Å². The van der Waals surface area contributed by atoms with E-state index in [0.29, 0.717) is 6.54 Å². The molecule has 0 aliphatic carbocycles. The molecule has 2 aromatic carbocycles. The lowest BCUT2D eigenvalue weighted by molar-refractivity contribution is -0.140. The van der Waals surface area contributed by atoms with Gasteiger partial charge in [0.1, 0.15) is 6.04 Å². The molecule has 19 heavy (non-hydrogen) atoms. The molecule has 0 saturated carbocycles. The molecule has 0 saturated heterocycles. The molecule has 0 bridgehead atoms. The molecular formula is C16H15NO2. The first-order valence-corrected chi connectivity index (χ1v) is 6.36. The minimum Gasteiger partial charge on any atom is -0.480 e. The van der Waals surface area contributed by atoms with E-state index in [1.165, 1.54) is 5.56 Å². The molecule has 1 aliphatic heterocycles. The number of hydrogen-bond acceptors (Lipinski definition) is 2. The Morgan fingerprint density at radius 2 is 1.74 bits per heavy atom. The summed E-state index contributed by atoms with van der Waals surface area (Å²) in [5.74, 6) is -0.938. The molecule has 2 atom stereocenters. The van der Waals surface area contributed by atoms with Gasteiger partial charge in [0.25, 0.3) is 0 Å². The Hall–Kier alpha value is -2.13. The first-order valence-electron chi connectivity index (χ1n) is 6.36. The molecule has 1 aliphatic rings. The Morgan fingerprint density at radius 3 is 2.47 bits per heavy atom. The highest BCUT2D eigenvalue weighted by atomic mass is 16.4. The Kier molecular flexibility index (Phi) is 3.05. The highest BCUT2D eigenvalue weighted by Crippen LogP contribution is 2.33. The van der Waals surface area contributed by atoms with Crippen molar-refractivity contribution in [2.24, 2.45) is 0 Å². The van der Waals surface area contributed by atoms with Gasteiger partial charge in [-0.15, -0.1) is 0 Å². The van der Waals surface area contributed by atoms with Crippen molar-refractivity contribution in [2.75, 3.05) is 0 Å². The zero-order valence-corrected chi connectivity index (χ0v) is 10.4. The summed E-state index contributed by atoms with van der Waals surface area (Å²) in [7, 11) is 0. The average Bonchev–Trinajstić information content (AvgIpc) is 2.46. The molecule has 0 amide bonds. The molecule has 3 nitrogen and oxygen atoms in total. The number of benzene rings is 2. The summed E-state index contributed by atoms with van der Waals surface area (Å²) >= 11 is 0. The topological polar surface area (TPSA) is 49.3 Å². The highest BCUT2D eigenvalue weighted by Gasteiger charge is 2.34. The third-order valence-electron chi connectivity index (χ3n) is 3.66. The zero-order valence-electron chi connectivity index (χ0n) is 10.4. The zero-order chi connectivity index (χ0) is 13.2. The molecule has 2 aromatic rings. The molecule has 0 unspecified atom stereocenters. The maximum atomic E-state index is 11.5. The van der Waals surface area contributed by atoms with Crippen LogP contribution in [0.25, 0.3) is 0 Å². The van der Waals surface area contributed by atoms with Crippen molar-refractivity contribution in [3.8, 4) is 0 Å². The maximum absolute atomic E-state index is 11.5. The molecule has 0 aromatic heterocycles. The van der Waals surface area contributed by atoms with Gasteiger partial charge in [0.05, 0.1) is 0 Å². The van der Waals surface area contributed by atoms with Crippen LogP contribution in [0.1, 0.15) is 22.6 Å². The molecule has 1 heterocycles. The lowest BCUT2D eigenvalue weighted by Gasteiger charge is -2.32. The summed E-state index contributed by atoms with van der Waals surface area (Å²) in [6.45, 7) is 0.608. The number of fused-ring (bicyclic) bond motifs is 1. The number of nitrogens with one attached hydrogen (secondary N) is 1. The molecule has 0 spiro atoms. The van der Waals surface area contributed by atoms with Crippen LogP contribution in [-0.4, -0.2) is 17.1 Å². The number of carbonyl (C=O) groups is 1. The van der Waals surface area contributed by atoms with Crippen LogP contribution >= 0.6 is 0 Å². The van der Waals surface area contributed by atoms with Crippen molar-refractivity contribution in [3.05, 3.63) is 71.3 Å². The van der Waals surface area contributed by atoms with E-state index in [1.807, 2.05) is 48.5 Å². The van der Waals surface area contributed by atoms with Gasteiger partial charge in [-0.25, -0.2) is 0 Å². The van der Waals surface area contributed by atoms with E-state index < -0.39 is 12.0 Å². The van der Waals surface area contributed by atoms with Crippen molar-refractivity contribution < 1.29 is 9.90 Å². The standard InChI is InChI=1S/C16H15NO2/c18-16(19)15-14(11-6-2-1-3-7-11)13-9-5-4-8-12(13)10-17-15/h1-9,14-15,17H,10H2,(H,18,19)/t14-,15-/m1/s1. The summed E-state index contributed by atoms with van der Waals surface area (Å²) in [6, 6.07) is 17.3. The van der Waals surface area contributed by atoms with Gasteiger partial charge in [-0.2, -0.15) is 0 Å². The van der Waals surface area contributed by atoms with Crippen molar-refractivity contribution in [2.45, 2.75) is 18.5 Å². The molecule has 3 heteroatoms. The normalized spacial score (nSPS) is 21.7. The van der Waals surface area contributed by atoms with Crippen LogP contribution in [0.15, 0.2) is 54.6 Å². The van der Waals surface area contributed by atoms with Crippen molar-refractivity contribution in [3.63, 3.8) is 0 Å². The second-order valence-electron chi connectivity index (χ2n) is 4.78. The highest BCUT2D eigenvalue weighted by molar-refractivity contribution is 5.76. The number of rotatable bonds is 2. The number of aliphatic carboxylic acids is 1. The van der Waals surface area contributed by atoms with E-state index in [1.54, 1.807) is 0 Å². The van der Waals surface area contributed by atoms with E-state index in [-0.39, 0.29) is 5.92 Å². The monoisotopic (exact) mass is 253 g/mol. The quantitative estimate of drug-likeness (QED) is 0.864. The van der Waals surface area contributed by atoms with Gasteiger partial charge in [0, 0.05) is 12.5 Å². The number of carboxylic acids is 1. The minimum absolute atomic E-state index is 0.136. The fourth-order valence-electron chi connectivity index (χ4n) is 2.78. The third kappa shape index (κ3) is 2.13. The van der Waals surface area contributed by atoms with E-state index >= 15 is 0 Å². The van der Waals surface area contributed by atoms with Crippen LogP contribution in [-0.2, 0) is 11.3 Å². The van der Waals surface area contributed by atoms with Crippen LogP contribution < -0.4 is 5.32 Å². The summed E-state index contributed by atoms with van der Waals surface area (Å²) in [6.07, 6.45) is 0. The van der Waals surface area contributed by atoms with Crippen LogP contribution in [0.4, 0.5) is 0 Å². The van der Waals surface area contributed by atoms with E-state index in [9.17, 15) is 9.90 Å². The van der Waals surface area contributed by atoms with Gasteiger partial charge in [-0.3, -0.25) is 10.1 Å². The smallest absolute Gasteiger partial charge is 0.321 e. The largest absolute Gasteiger partial charge is 0.480 e. The molecular weight excluding hydrogens is 238 g/mol. The van der Waals surface area contributed by atoms with Gasteiger partial charge in [-0.1, -0.05) is 54.6 Å². The Balaban J connectivity index is 2.13. The molecule has 0 fully saturated rings. The van der Waals surface area contributed by atoms with Crippen LogP contribution in [0.2, 0.25) is 0 Å². The Bertz CT molecular complexity index is 595. The van der Waals surface area contributed by atoms with Gasteiger partial charge >= 0.3 is 5.97 Å². The van der Waals surface area contributed by atoms with E-state index in [0.717, 1.165) is 11.1 Å². The van der Waals surface area contributed by atoms with Gasteiger partial charge in [0.2, 0.25) is 0 Å². The average molecular weight is 253 g/mol. The van der Waals surface area contributed by atoms with Crippen molar-refractivity contribution in [1.82, 2.24) is 5.32 Å². The van der Waals surface area contributed by atoms with E-state index in [4.69, 9.17) is 0 Å². The Morgan fingerprint density at radius 1 is 1.05 bits per heavy atom. The maximum Gasteiger partial charge on any atom is 0.321 e.